The standard InChI is InChI=1S/C11H8N2.CH5N3/c1-2-8-3-4-10-9(5-7-12-10)11(8)13-6-1;2-1(3)4/h1-7,12H;(H5,2,3,4). The molecule has 3 aromatic rings. The summed E-state index contributed by atoms with van der Waals surface area (Å²) in [6, 6.07) is 10.3. The Bertz CT molecular complexity index is 652. The van der Waals surface area contributed by atoms with Crippen LogP contribution in [0, 0.1) is 5.41 Å². The minimum absolute atomic E-state index is 0.333. The van der Waals surface area contributed by atoms with Gasteiger partial charge in [0.2, 0.25) is 0 Å². The van der Waals surface area contributed by atoms with Crippen LogP contribution in [-0.2, 0) is 0 Å². The van der Waals surface area contributed by atoms with E-state index in [0.29, 0.717) is 0 Å². The van der Waals surface area contributed by atoms with E-state index in [1.807, 2.05) is 18.5 Å². The zero-order valence-electron chi connectivity index (χ0n) is 9.14. The normalized spacial score (nSPS) is 9.88. The van der Waals surface area contributed by atoms with Crippen molar-refractivity contribution in [2.75, 3.05) is 0 Å². The first kappa shape index (κ1) is 10.9. The number of rotatable bonds is 0. The van der Waals surface area contributed by atoms with Crippen molar-refractivity contribution >= 4 is 27.8 Å². The number of nitrogens with one attached hydrogen (secondary N) is 2. The highest BCUT2D eigenvalue weighted by molar-refractivity contribution is 6.03. The first-order valence-electron chi connectivity index (χ1n) is 5.09. The van der Waals surface area contributed by atoms with Crippen LogP contribution in [0.15, 0.2) is 42.7 Å². The molecule has 0 saturated carbocycles. The number of nitrogens with zero attached hydrogens (tertiary/aromatic N) is 1. The van der Waals surface area contributed by atoms with Gasteiger partial charge in [-0.25, -0.2) is 0 Å². The van der Waals surface area contributed by atoms with E-state index < -0.39 is 0 Å². The van der Waals surface area contributed by atoms with Crippen LogP contribution in [0.2, 0.25) is 0 Å². The van der Waals surface area contributed by atoms with Crippen molar-refractivity contribution < 1.29 is 0 Å². The van der Waals surface area contributed by atoms with Gasteiger partial charge in [0.15, 0.2) is 5.96 Å². The van der Waals surface area contributed by atoms with E-state index in [2.05, 4.69) is 45.7 Å². The van der Waals surface area contributed by atoms with Crippen molar-refractivity contribution in [2.45, 2.75) is 0 Å². The molecule has 0 spiro atoms. The number of hydrogen-bond acceptors (Lipinski definition) is 2. The van der Waals surface area contributed by atoms with Crippen LogP contribution in [0.4, 0.5) is 0 Å². The van der Waals surface area contributed by atoms with Crippen LogP contribution in [0.1, 0.15) is 0 Å². The number of nitrogens with two attached hydrogens (primary N) is 2. The highest BCUT2D eigenvalue weighted by Gasteiger charge is 1.99. The summed E-state index contributed by atoms with van der Waals surface area (Å²) in [6.45, 7) is 0. The molecule has 5 heteroatoms. The predicted octanol–water partition coefficient (Wildman–Crippen LogP) is 1.55. The summed E-state index contributed by atoms with van der Waals surface area (Å²) in [7, 11) is 0. The minimum atomic E-state index is -0.333. The molecule has 0 saturated heterocycles. The third kappa shape index (κ3) is 2.34. The SMILES string of the molecule is N=C(N)N.c1cnc2c(c1)ccc1[nH]ccc12. The monoisotopic (exact) mass is 227 g/mol. The number of aromatic amines is 1. The van der Waals surface area contributed by atoms with Gasteiger partial charge in [0.05, 0.1) is 5.52 Å². The van der Waals surface area contributed by atoms with Crippen LogP contribution in [0.3, 0.4) is 0 Å². The van der Waals surface area contributed by atoms with Gasteiger partial charge in [-0.3, -0.25) is 10.4 Å². The lowest BCUT2D eigenvalue weighted by Gasteiger charge is -1.96. The summed E-state index contributed by atoms with van der Waals surface area (Å²) >= 11 is 0. The fourth-order valence-electron chi connectivity index (χ4n) is 1.68. The first-order valence-corrected chi connectivity index (χ1v) is 5.09. The largest absolute Gasteiger partial charge is 0.370 e. The predicted molar refractivity (Wildman–Crippen MR) is 69.7 cm³/mol. The summed E-state index contributed by atoms with van der Waals surface area (Å²) in [6.07, 6.45) is 3.77. The van der Waals surface area contributed by atoms with Gasteiger partial charge in [-0.2, -0.15) is 0 Å². The molecule has 2 aromatic heterocycles. The number of guanidine groups is 1. The van der Waals surface area contributed by atoms with Gasteiger partial charge in [-0.1, -0.05) is 12.1 Å². The summed E-state index contributed by atoms with van der Waals surface area (Å²) in [5.74, 6) is -0.333. The van der Waals surface area contributed by atoms with Gasteiger partial charge in [0, 0.05) is 28.7 Å². The molecule has 1 aromatic carbocycles. The van der Waals surface area contributed by atoms with Gasteiger partial charge in [0.25, 0.3) is 0 Å². The molecule has 0 aliphatic rings. The molecule has 0 amide bonds. The molecule has 2 heterocycles. The van der Waals surface area contributed by atoms with Crippen LogP contribution < -0.4 is 11.5 Å². The van der Waals surface area contributed by atoms with E-state index in [-0.39, 0.29) is 5.96 Å². The molecule has 0 radical (unpaired) electrons. The Morgan fingerprint density at radius 1 is 1.18 bits per heavy atom. The quantitative estimate of drug-likeness (QED) is 0.346. The number of fused-ring (bicyclic) bond motifs is 3. The van der Waals surface area contributed by atoms with E-state index in [9.17, 15) is 0 Å². The third-order valence-corrected chi connectivity index (χ3v) is 2.30. The Morgan fingerprint density at radius 3 is 2.71 bits per heavy atom. The molecule has 6 N–H and O–H groups in total. The number of H-pyrrole nitrogens is 1. The Kier molecular flexibility index (Phi) is 2.91. The molecular formula is C12H13N5. The lowest BCUT2D eigenvalue weighted by atomic mass is 10.1. The second kappa shape index (κ2) is 4.52. The Balaban J connectivity index is 0.000000239. The van der Waals surface area contributed by atoms with Crippen LogP contribution in [0.25, 0.3) is 21.8 Å². The van der Waals surface area contributed by atoms with Crippen molar-refractivity contribution in [1.82, 2.24) is 9.97 Å². The van der Waals surface area contributed by atoms with Crippen LogP contribution >= 0.6 is 0 Å². The molecule has 3 rings (SSSR count). The summed E-state index contributed by atoms with van der Waals surface area (Å²) in [5.41, 5.74) is 11.2. The third-order valence-electron chi connectivity index (χ3n) is 2.30. The van der Waals surface area contributed by atoms with Crippen molar-refractivity contribution in [1.29, 1.82) is 5.41 Å². The van der Waals surface area contributed by atoms with Gasteiger partial charge in [-0.15, -0.1) is 0 Å². The highest BCUT2D eigenvalue weighted by atomic mass is 14.9. The molecule has 17 heavy (non-hydrogen) atoms. The van der Waals surface area contributed by atoms with E-state index in [0.717, 1.165) is 11.0 Å². The van der Waals surface area contributed by atoms with E-state index in [1.165, 1.54) is 10.8 Å². The second-order valence-corrected chi connectivity index (χ2v) is 3.53. The van der Waals surface area contributed by atoms with Gasteiger partial charge in [0.1, 0.15) is 0 Å². The van der Waals surface area contributed by atoms with Crippen molar-refractivity contribution in [3.8, 4) is 0 Å². The topological polar surface area (TPSA) is 105 Å². The zero-order valence-corrected chi connectivity index (χ0v) is 9.14. The maximum Gasteiger partial charge on any atom is 0.183 e. The number of benzene rings is 1. The summed E-state index contributed by atoms with van der Waals surface area (Å²) in [4.78, 5) is 7.53. The van der Waals surface area contributed by atoms with Gasteiger partial charge in [-0.05, 0) is 18.2 Å². The van der Waals surface area contributed by atoms with Crippen LogP contribution in [0.5, 0.6) is 0 Å². The van der Waals surface area contributed by atoms with Gasteiger partial charge < -0.3 is 16.5 Å². The highest BCUT2D eigenvalue weighted by Crippen LogP contribution is 2.21. The maximum atomic E-state index is 6.06. The Labute approximate surface area is 98.0 Å². The average molecular weight is 227 g/mol. The van der Waals surface area contributed by atoms with E-state index in [4.69, 9.17) is 5.41 Å². The Hall–Kier alpha value is -2.56. The molecule has 0 atom stereocenters. The molecule has 86 valence electrons. The van der Waals surface area contributed by atoms with Crippen molar-refractivity contribution in [3.63, 3.8) is 0 Å². The average Bonchev–Trinajstić information content (AvgIpc) is 2.76. The fourth-order valence-corrected chi connectivity index (χ4v) is 1.68. The molecule has 0 aliphatic heterocycles. The molecule has 0 aliphatic carbocycles. The second-order valence-electron chi connectivity index (χ2n) is 3.53. The van der Waals surface area contributed by atoms with Gasteiger partial charge >= 0.3 is 0 Å². The van der Waals surface area contributed by atoms with Crippen molar-refractivity contribution in [2.24, 2.45) is 11.5 Å². The maximum absolute atomic E-state index is 6.06. The Morgan fingerprint density at radius 2 is 1.94 bits per heavy atom. The lowest BCUT2D eigenvalue weighted by Crippen LogP contribution is -2.20. The minimum Gasteiger partial charge on any atom is -0.370 e. The fraction of sp³-hybridized carbons (Fsp3) is 0. The van der Waals surface area contributed by atoms with Crippen molar-refractivity contribution in [3.05, 3.63) is 42.7 Å². The molecule has 0 bridgehead atoms. The number of aromatic nitrogens is 2. The summed E-state index contributed by atoms with van der Waals surface area (Å²) < 4.78 is 0. The molecular weight excluding hydrogens is 214 g/mol. The first-order chi connectivity index (χ1) is 8.18. The molecule has 0 unspecified atom stereocenters. The van der Waals surface area contributed by atoms with Crippen LogP contribution in [-0.4, -0.2) is 15.9 Å². The summed E-state index contributed by atoms with van der Waals surface area (Å²) in [5, 5.41) is 8.44. The lowest BCUT2D eigenvalue weighted by molar-refractivity contribution is 1.39. The molecule has 0 fully saturated rings. The number of pyridine rings is 1. The number of hydrogen-bond donors (Lipinski definition) is 4. The molecule has 5 nitrogen and oxygen atoms in total. The zero-order chi connectivity index (χ0) is 12.3. The smallest absolute Gasteiger partial charge is 0.183 e. The van der Waals surface area contributed by atoms with E-state index in [1.54, 1.807) is 0 Å². The van der Waals surface area contributed by atoms with E-state index >= 15 is 0 Å².